The Kier molecular flexibility index (Phi) is 5.58. The van der Waals surface area contributed by atoms with Gasteiger partial charge in [0.1, 0.15) is 0 Å². The van der Waals surface area contributed by atoms with E-state index in [0.717, 1.165) is 6.54 Å². The van der Waals surface area contributed by atoms with Crippen LogP contribution in [0.4, 0.5) is 0 Å². The second-order valence-corrected chi connectivity index (χ2v) is 4.10. The van der Waals surface area contributed by atoms with Crippen LogP contribution in [0.2, 0.25) is 0 Å². The van der Waals surface area contributed by atoms with Gasteiger partial charge in [0.25, 0.3) is 0 Å². The molecule has 2 rings (SSSR count). The number of benzene rings is 2. The van der Waals surface area contributed by atoms with Gasteiger partial charge in [0.05, 0.1) is 0 Å². The van der Waals surface area contributed by atoms with E-state index in [4.69, 9.17) is 5.73 Å². The number of fused-ring (bicyclic) bond motifs is 1. The summed E-state index contributed by atoms with van der Waals surface area (Å²) in [7, 11) is 0. The third-order valence-corrected chi connectivity index (χ3v) is 2.76. The Morgan fingerprint density at radius 2 is 1.31 bits per heavy atom. The first kappa shape index (κ1) is 12.7. The molecule has 0 aliphatic heterocycles. The van der Waals surface area contributed by atoms with Crippen molar-refractivity contribution < 1.29 is 0 Å². The van der Waals surface area contributed by atoms with Crippen LogP contribution in [0, 0.1) is 5.92 Å². The number of hydrogen-bond acceptors (Lipinski definition) is 1. The van der Waals surface area contributed by atoms with E-state index in [1.165, 1.54) is 17.2 Å². The van der Waals surface area contributed by atoms with Crippen LogP contribution in [-0.2, 0) is 0 Å². The molecule has 0 fully saturated rings. The van der Waals surface area contributed by atoms with Crippen molar-refractivity contribution in [3.63, 3.8) is 0 Å². The molecule has 1 heteroatoms. The van der Waals surface area contributed by atoms with E-state index in [0.29, 0.717) is 5.92 Å². The highest BCUT2D eigenvalue weighted by atomic mass is 14.5. The van der Waals surface area contributed by atoms with Gasteiger partial charge < -0.3 is 5.73 Å². The van der Waals surface area contributed by atoms with Gasteiger partial charge in [-0.2, -0.15) is 0 Å². The predicted octanol–water partition coefficient (Wildman–Crippen LogP) is 3.83. The monoisotopic (exact) mass is 215 g/mol. The van der Waals surface area contributed by atoms with Crippen molar-refractivity contribution in [2.45, 2.75) is 20.3 Å². The first-order valence-electron chi connectivity index (χ1n) is 5.91. The quantitative estimate of drug-likeness (QED) is 0.809. The molecule has 0 saturated carbocycles. The first-order valence-corrected chi connectivity index (χ1v) is 5.91. The Hall–Kier alpha value is -1.34. The van der Waals surface area contributed by atoms with Crippen LogP contribution in [-0.4, -0.2) is 6.54 Å². The van der Waals surface area contributed by atoms with Gasteiger partial charge in [-0.25, -0.2) is 0 Å². The lowest BCUT2D eigenvalue weighted by Crippen LogP contribution is -2.08. The van der Waals surface area contributed by atoms with Crippen molar-refractivity contribution in [2.24, 2.45) is 11.7 Å². The van der Waals surface area contributed by atoms with Crippen LogP contribution in [0.15, 0.2) is 48.5 Å². The zero-order valence-corrected chi connectivity index (χ0v) is 10.2. The normalized spacial score (nSPS) is 11.7. The summed E-state index contributed by atoms with van der Waals surface area (Å²) in [6.07, 6.45) is 1.20. The van der Waals surface area contributed by atoms with E-state index in [-0.39, 0.29) is 0 Å². The van der Waals surface area contributed by atoms with Gasteiger partial charge in [-0.3, -0.25) is 0 Å². The molecule has 2 aromatic rings. The third-order valence-electron chi connectivity index (χ3n) is 2.76. The Morgan fingerprint density at radius 3 is 1.50 bits per heavy atom. The standard InChI is InChI=1S/C10H8.C5H13N/c1-2-6-10-8-4-3-7-9(10)5-1;1-3-5(2)4-6/h1-8H;5H,3-4,6H2,1-2H3. The lowest BCUT2D eigenvalue weighted by Gasteiger charge is -1.98. The van der Waals surface area contributed by atoms with Gasteiger partial charge in [-0.1, -0.05) is 68.8 Å². The fourth-order valence-electron chi connectivity index (χ4n) is 1.30. The second kappa shape index (κ2) is 7.02. The number of hydrogen-bond donors (Lipinski definition) is 1. The van der Waals surface area contributed by atoms with E-state index >= 15 is 0 Å². The molecule has 86 valence electrons. The third kappa shape index (κ3) is 4.03. The molecule has 0 saturated heterocycles. The molecule has 0 amide bonds. The van der Waals surface area contributed by atoms with Crippen molar-refractivity contribution in [1.82, 2.24) is 0 Å². The summed E-state index contributed by atoms with van der Waals surface area (Å²) in [5, 5.41) is 2.62. The lowest BCUT2D eigenvalue weighted by molar-refractivity contribution is 0.576. The molecule has 2 aromatic carbocycles. The van der Waals surface area contributed by atoms with Gasteiger partial charge in [-0.15, -0.1) is 0 Å². The zero-order valence-electron chi connectivity index (χ0n) is 10.2. The summed E-state index contributed by atoms with van der Waals surface area (Å²) in [6.45, 7) is 5.13. The highest BCUT2D eigenvalue weighted by Gasteiger charge is 1.89. The van der Waals surface area contributed by atoms with Crippen LogP contribution in [0.3, 0.4) is 0 Å². The van der Waals surface area contributed by atoms with Gasteiger partial charge in [0, 0.05) is 0 Å². The summed E-state index contributed by atoms with van der Waals surface area (Å²) < 4.78 is 0. The van der Waals surface area contributed by atoms with Gasteiger partial charge in [-0.05, 0) is 23.2 Å². The Bertz CT molecular complexity index is 339. The van der Waals surface area contributed by atoms with Crippen molar-refractivity contribution in [3.05, 3.63) is 48.5 Å². The molecular weight excluding hydrogens is 194 g/mol. The number of rotatable bonds is 2. The summed E-state index contributed by atoms with van der Waals surface area (Å²) in [6, 6.07) is 16.7. The molecule has 0 bridgehead atoms. The minimum atomic E-state index is 0.713. The molecular formula is C15H21N. The average Bonchev–Trinajstić information content (AvgIpc) is 2.38. The Morgan fingerprint density at radius 1 is 0.938 bits per heavy atom. The van der Waals surface area contributed by atoms with E-state index in [1.54, 1.807) is 0 Å². The summed E-state index contributed by atoms with van der Waals surface area (Å²) >= 11 is 0. The lowest BCUT2D eigenvalue weighted by atomic mass is 10.1. The van der Waals surface area contributed by atoms with Gasteiger partial charge in [0.15, 0.2) is 0 Å². The smallest absolute Gasteiger partial charge is 0.00516 e. The fraction of sp³-hybridized carbons (Fsp3) is 0.333. The largest absolute Gasteiger partial charge is 0.330 e. The SMILES string of the molecule is CCC(C)CN.c1ccc2ccccc2c1. The van der Waals surface area contributed by atoms with Crippen molar-refractivity contribution in [2.75, 3.05) is 6.54 Å². The van der Waals surface area contributed by atoms with Crippen LogP contribution in [0.5, 0.6) is 0 Å². The summed E-state index contributed by atoms with van der Waals surface area (Å²) in [5.41, 5.74) is 5.28. The minimum Gasteiger partial charge on any atom is -0.330 e. The molecule has 0 spiro atoms. The molecule has 0 aromatic heterocycles. The van der Waals surface area contributed by atoms with Gasteiger partial charge in [0.2, 0.25) is 0 Å². The summed E-state index contributed by atoms with van der Waals surface area (Å²) in [5.74, 6) is 0.713. The first-order chi connectivity index (χ1) is 7.77. The van der Waals surface area contributed by atoms with E-state index in [9.17, 15) is 0 Å². The second-order valence-electron chi connectivity index (χ2n) is 4.10. The van der Waals surface area contributed by atoms with E-state index in [2.05, 4.69) is 62.4 Å². The maximum Gasteiger partial charge on any atom is -0.00516 e. The maximum absolute atomic E-state index is 5.28. The molecule has 0 aliphatic rings. The molecule has 0 heterocycles. The van der Waals surface area contributed by atoms with Crippen molar-refractivity contribution in [3.8, 4) is 0 Å². The topological polar surface area (TPSA) is 26.0 Å². The van der Waals surface area contributed by atoms with Crippen LogP contribution in [0.25, 0.3) is 10.8 Å². The Balaban J connectivity index is 0.000000187. The van der Waals surface area contributed by atoms with Crippen molar-refractivity contribution in [1.29, 1.82) is 0 Å². The van der Waals surface area contributed by atoms with E-state index < -0.39 is 0 Å². The molecule has 2 N–H and O–H groups in total. The minimum absolute atomic E-state index is 0.713. The molecule has 0 aliphatic carbocycles. The molecule has 16 heavy (non-hydrogen) atoms. The number of nitrogens with two attached hydrogens (primary N) is 1. The van der Waals surface area contributed by atoms with Crippen LogP contribution >= 0.6 is 0 Å². The molecule has 1 nitrogen and oxygen atoms in total. The fourth-order valence-corrected chi connectivity index (χ4v) is 1.30. The molecule has 0 radical (unpaired) electrons. The predicted molar refractivity (Wildman–Crippen MR) is 72.5 cm³/mol. The highest BCUT2D eigenvalue weighted by Crippen LogP contribution is 2.11. The Labute approximate surface area is 98.3 Å². The van der Waals surface area contributed by atoms with Gasteiger partial charge >= 0.3 is 0 Å². The van der Waals surface area contributed by atoms with Crippen LogP contribution in [0.1, 0.15) is 20.3 Å². The average molecular weight is 215 g/mol. The maximum atomic E-state index is 5.28. The molecule has 1 atom stereocenters. The van der Waals surface area contributed by atoms with E-state index in [1.807, 2.05) is 0 Å². The highest BCUT2D eigenvalue weighted by molar-refractivity contribution is 5.81. The summed E-state index contributed by atoms with van der Waals surface area (Å²) in [4.78, 5) is 0. The van der Waals surface area contributed by atoms with Crippen molar-refractivity contribution >= 4 is 10.8 Å². The van der Waals surface area contributed by atoms with Crippen LogP contribution < -0.4 is 5.73 Å². The molecule has 1 unspecified atom stereocenters. The zero-order chi connectivity index (χ0) is 11.8.